The van der Waals surface area contributed by atoms with Gasteiger partial charge in [0.25, 0.3) is 0 Å². The number of fused-ring (bicyclic) bond motifs is 3. The average molecular weight is 473 g/mol. The zero-order valence-corrected chi connectivity index (χ0v) is 20.1. The van der Waals surface area contributed by atoms with Crippen molar-refractivity contribution in [2.45, 2.75) is 38.3 Å². The molecule has 6 heteroatoms. The summed E-state index contributed by atoms with van der Waals surface area (Å²) in [5.41, 5.74) is 5.59. The third kappa shape index (κ3) is 5.72. The van der Waals surface area contributed by atoms with E-state index in [0.29, 0.717) is 6.42 Å². The van der Waals surface area contributed by atoms with E-state index in [1.807, 2.05) is 68.4 Å². The van der Waals surface area contributed by atoms with Crippen molar-refractivity contribution in [2.24, 2.45) is 5.92 Å². The van der Waals surface area contributed by atoms with Gasteiger partial charge in [-0.1, -0.05) is 92.7 Å². The monoisotopic (exact) mass is 472 g/mol. The first-order valence-corrected chi connectivity index (χ1v) is 12.0. The molecule has 182 valence electrons. The van der Waals surface area contributed by atoms with Crippen LogP contribution in [0.15, 0.2) is 78.9 Å². The van der Waals surface area contributed by atoms with Gasteiger partial charge in [-0.15, -0.1) is 0 Å². The van der Waals surface area contributed by atoms with E-state index in [0.717, 1.165) is 27.8 Å². The highest BCUT2D eigenvalue weighted by Gasteiger charge is 2.30. The number of amides is 2. The Bertz CT molecular complexity index is 1120. The Morgan fingerprint density at radius 1 is 0.857 bits per heavy atom. The number of rotatable bonds is 9. The lowest BCUT2D eigenvalue weighted by Crippen LogP contribution is -2.53. The summed E-state index contributed by atoms with van der Waals surface area (Å²) >= 11 is 0. The molecule has 1 aliphatic carbocycles. The third-order valence-corrected chi connectivity index (χ3v) is 6.46. The van der Waals surface area contributed by atoms with Crippen molar-refractivity contribution in [1.29, 1.82) is 0 Å². The normalized spacial score (nSPS) is 14.1. The average Bonchev–Trinajstić information content (AvgIpc) is 3.19. The minimum atomic E-state index is -0.782. The number of ether oxygens (including phenoxy) is 1. The fourth-order valence-corrected chi connectivity index (χ4v) is 4.65. The number of nitrogens with one attached hydrogen (secondary N) is 2. The minimum absolute atomic E-state index is 0.0517. The van der Waals surface area contributed by atoms with E-state index in [1.165, 1.54) is 0 Å². The van der Waals surface area contributed by atoms with Crippen LogP contribution in [-0.2, 0) is 16.0 Å². The Morgan fingerprint density at radius 2 is 1.43 bits per heavy atom. The SMILES string of the molecule is CC(C)C(NC(=O)OCC1c2ccccc2-c2ccccc21)C(=O)N[C@@H](CO)Cc1ccccc1. The minimum Gasteiger partial charge on any atom is -0.449 e. The first kappa shape index (κ1) is 24.5. The van der Waals surface area contributed by atoms with Crippen LogP contribution >= 0.6 is 0 Å². The molecule has 0 aromatic heterocycles. The molecule has 0 saturated heterocycles. The molecule has 0 heterocycles. The number of carbonyl (C=O) groups is 2. The van der Waals surface area contributed by atoms with Crippen LogP contribution in [0.3, 0.4) is 0 Å². The van der Waals surface area contributed by atoms with Crippen molar-refractivity contribution >= 4 is 12.0 Å². The predicted molar refractivity (Wildman–Crippen MR) is 136 cm³/mol. The lowest BCUT2D eigenvalue weighted by molar-refractivity contribution is -0.125. The fourth-order valence-electron chi connectivity index (χ4n) is 4.65. The Morgan fingerprint density at radius 3 is 2.00 bits per heavy atom. The summed E-state index contributed by atoms with van der Waals surface area (Å²) in [4.78, 5) is 25.7. The highest BCUT2D eigenvalue weighted by Crippen LogP contribution is 2.44. The van der Waals surface area contributed by atoms with E-state index in [4.69, 9.17) is 4.74 Å². The van der Waals surface area contributed by atoms with E-state index in [-0.39, 0.29) is 31.0 Å². The summed E-state index contributed by atoms with van der Waals surface area (Å²) < 4.78 is 5.62. The molecule has 0 spiro atoms. The summed E-state index contributed by atoms with van der Waals surface area (Å²) in [5, 5.41) is 15.4. The quantitative estimate of drug-likeness (QED) is 0.434. The second-order valence-electron chi connectivity index (χ2n) is 9.27. The number of hydrogen-bond acceptors (Lipinski definition) is 4. The van der Waals surface area contributed by atoms with Crippen molar-refractivity contribution < 1.29 is 19.4 Å². The number of carbonyl (C=O) groups excluding carboxylic acids is 2. The Kier molecular flexibility index (Phi) is 7.83. The fraction of sp³-hybridized carbons (Fsp3) is 0.310. The summed E-state index contributed by atoms with van der Waals surface area (Å²) in [6.07, 6.45) is -0.136. The van der Waals surface area contributed by atoms with Gasteiger partial charge in [0, 0.05) is 5.92 Å². The zero-order chi connectivity index (χ0) is 24.8. The van der Waals surface area contributed by atoms with Crippen LogP contribution in [-0.4, -0.2) is 42.4 Å². The molecular weight excluding hydrogens is 440 g/mol. The van der Waals surface area contributed by atoms with Crippen molar-refractivity contribution in [3.63, 3.8) is 0 Å². The summed E-state index contributed by atoms with van der Waals surface area (Å²) in [6, 6.07) is 24.7. The van der Waals surface area contributed by atoms with Gasteiger partial charge in [0.15, 0.2) is 0 Å². The summed E-state index contributed by atoms with van der Waals surface area (Å²) in [6.45, 7) is 3.70. The molecule has 0 radical (unpaired) electrons. The van der Waals surface area contributed by atoms with Crippen molar-refractivity contribution in [1.82, 2.24) is 10.6 Å². The van der Waals surface area contributed by atoms with Crippen LogP contribution in [0.25, 0.3) is 11.1 Å². The summed E-state index contributed by atoms with van der Waals surface area (Å²) in [5.74, 6) is -0.556. The molecule has 1 aliphatic rings. The lowest BCUT2D eigenvalue weighted by Gasteiger charge is -2.25. The Balaban J connectivity index is 1.37. The summed E-state index contributed by atoms with van der Waals surface area (Å²) in [7, 11) is 0. The van der Waals surface area contributed by atoms with Crippen molar-refractivity contribution in [2.75, 3.05) is 13.2 Å². The molecule has 3 aromatic rings. The smallest absolute Gasteiger partial charge is 0.407 e. The molecule has 4 rings (SSSR count). The van der Waals surface area contributed by atoms with Gasteiger partial charge in [-0.05, 0) is 40.2 Å². The maximum Gasteiger partial charge on any atom is 0.407 e. The van der Waals surface area contributed by atoms with Gasteiger partial charge in [-0.2, -0.15) is 0 Å². The Hall–Kier alpha value is -3.64. The maximum absolute atomic E-state index is 13.0. The van der Waals surface area contributed by atoms with E-state index in [1.54, 1.807) is 0 Å². The molecule has 35 heavy (non-hydrogen) atoms. The van der Waals surface area contributed by atoms with Gasteiger partial charge < -0.3 is 20.5 Å². The largest absolute Gasteiger partial charge is 0.449 e. The highest BCUT2D eigenvalue weighted by atomic mass is 16.5. The first-order valence-electron chi connectivity index (χ1n) is 12.0. The van der Waals surface area contributed by atoms with E-state index >= 15 is 0 Å². The van der Waals surface area contributed by atoms with Crippen LogP contribution in [0.4, 0.5) is 4.79 Å². The second-order valence-corrected chi connectivity index (χ2v) is 9.27. The molecule has 1 unspecified atom stereocenters. The molecular formula is C29H32N2O4. The highest BCUT2D eigenvalue weighted by molar-refractivity contribution is 5.86. The topological polar surface area (TPSA) is 87.7 Å². The van der Waals surface area contributed by atoms with Crippen LogP contribution in [0.5, 0.6) is 0 Å². The number of alkyl carbamates (subject to hydrolysis) is 1. The molecule has 2 atom stereocenters. The van der Waals surface area contributed by atoms with Crippen LogP contribution in [0.1, 0.15) is 36.5 Å². The lowest BCUT2D eigenvalue weighted by atomic mass is 9.98. The first-order chi connectivity index (χ1) is 17.0. The number of benzene rings is 3. The van der Waals surface area contributed by atoms with E-state index in [2.05, 4.69) is 34.9 Å². The molecule has 6 nitrogen and oxygen atoms in total. The second kappa shape index (κ2) is 11.2. The molecule has 0 saturated carbocycles. The van der Waals surface area contributed by atoms with Crippen LogP contribution < -0.4 is 10.6 Å². The molecule has 3 N–H and O–H groups in total. The van der Waals surface area contributed by atoms with Crippen molar-refractivity contribution in [3.8, 4) is 11.1 Å². The maximum atomic E-state index is 13.0. The van der Waals surface area contributed by atoms with E-state index < -0.39 is 18.2 Å². The molecule has 2 amide bonds. The number of aliphatic hydroxyl groups excluding tert-OH is 1. The van der Waals surface area contributed by atoms with E-state index in [9.17, 15) is 14.7 Å². The van der Waals surface area contributed by atoms with Gasteiger partial charge in [-0.3, -0.25) is 4.79 Å². The number of hydrogen-bond donors (Lipinski definition) is 3. The van der Waals surface area contributed by atoms with Gasteiger partial charge >= 0.3 is 6.09 Å². The predicted octanol–water partition coefficient (Wildman–Crippen LogP) is 4.27. The van der Waals surface area contributed by atoms with Crippen molar-refractivity contribution in [3.05, 3.63) is 95.6 Å². The third-order valence-electron chi connectivity index (χ3n) is 6.46. The van der Waals surface area contributed by atoms with Gasteiger partial charge in [-0.25, -0.2) is 4.79 Å². The van der Waals surface area contributed by atoms with Crippen LogP contribution in [0, 0.1) is 5.92 Å². The molecule has 0 fully saturated rings. The number of aliphatic hydroxyl groups is 1. The Labute approximate surface area is 206 Å². The molecule has 3 aromatic carbocycles. The zero-order valence-electron chi connectivity index (χ0n) is 20.1. The van der Waals surface area contributed by atoms with Crippen LogP contribution in [0.2, 0.25) is 0 Å². The molecule has 0 bridgehead atoms. The van der Waals surface area contributed by atoms with Gasteiger partial charge in [0.1, 0.15) is 12.6 Å². The van der Waals surface area contributed by atoms with Gasteiger partial charge in [0.2, 0.25) is 5.91 Å². The standard InChI is InChI=1S/C29H32N2O4/c1-19(2)27(28(33)30-21(17-32)16-20-10-4-3-5-11-20)31-29(34)35-18-26-24-14-8-6-12-22(24)23-13-7-9-15-25(23)26/h3-15,19,21,26-27,32H,16-18H2,1-2H3,(H,30,33)(H,31,34)/t21-,27?/m1/s1. The van der Waals surface area contributed by atoms with Gasteiger partial charge in [0.05, 0.1) is 12.6 Å². The molecule has 0 aliphatic heterocycles.